The molecule has 0 saturated heterocycles. The van der Waals surface area contributed by atoms with E-state index in [0.29, 0.717) is 5.92 Å². The molecule has 0 spiro atoms. The molecular formula is C40H56O2. The van der Waals surface area contributed by atoms with Crippen molar-refractivity contribution in [3.63, 3.8) is 0 Å². The van der Waals surface area contributed by atoms with Crippen LogP contribution in [0.4, 0.5) is 0 Å². The van der Waals surface area contributed by atoms with Crippen molar-refractivity contribution in [1.82, 2.24) is 0 Å². The molecule has 0 aliphatic heterocycles. The van der Waals surface area contributed by atoms with Gasteiger partial charge in [-0.3, -0.25) is 0 Å². The molecule has 0 aromatic carbocycles. The first kappa shape index (κ1) is 35.3. The van der Waals surface area contributed by atoms with Crippen LogP contribution in [-0.2, 0) is 0 Å². The second-order valence-corrected chi connectivity index (χ2v) is 13.7. The standard InChI is InChI=1S/C40H56O2/c1-29(17-13-19-31(3)21-23-37-33(5)25-35(41)27-39(37,7)8)15-11-12-16-30(2)18-14-20-32(4)22-24-38-34(6)26-36(42)28-40(38,9)10/h11-25,35-37,41-42H,26-28H2,1-10H3/b12-11+,17-13+,18-14+,23-21+,24-22+,29-15+,30-16+,31-19+,32-20+/t35-,36-,37?/m0/s1. The van der Waals surface area contributed by atoms with Crippen molar-refractivity contribution in [1.29, 1.82) is 0 Å². The highest BCUT2D eigenvalue weighted by Crippen LogP contribution is 2.42. The molecule has 0 bridgehead atoms. The number of rotatable bonds is 10. The molecule has 2 N–H and O–H groups in total. The Kier molecular flexibility index (Phi) is 13.5. The second kappa shape index (κ2) is 16.1. The van der Waals surface area contributed by atoms with E-state index in [2.05, 4.69) is 154 Å². The van der Waals surface area contributed by atoms with E-state index < -0.39 is 0 Å². The molecular weight excluding hydrogens is 512 g/mol. The Bertz CT molecular complexity index is 1270. The predicted molar refractivity (Wildman–Crippen MR) is 184 cm³/mol. The molecule has 2 aliphatic rings. The summed E-state index contributed by atoms with van der Waals surface area (Å²) in [6.07, 6.45) is 33.8. The van der Waals surface area contributed by atoms with Crippen LogP contribution in [0.15, 0.2) is 130 Å². The van der Waals surface area contributed by atoms with Crippen molar-refractivity contribution in [2.45, 2.75) is 101 Å². The highest BCUT2D eigenvalue weighted by molar-refractivity contribution is 5.38. The van der Waals surface area contributed by atoms with Gasteiger partial charge in [0, 0.05) is 5.92 Å². The molecule has 228 valence electrons. The van der Waals surface area contributed by atoms with Crippen molar-refractivity contribution in [2.75, 3.05) is 0 Å². The van der Waals surface area contributed by atoms with Crippen molar-refractivity contribution in [2.24, 2.45) is 16.7 Å². The minimum atomic E-state index is -0.331. The van der Waals surface area contributed by atoms with E-state index >= 15 is 0 Å². The van der Waals surface area contributed by atoms with E-state index in [1.807, 2.05) is 6.08 Å². The molecule has 42 heavy (non-hydrogen) atoms. The first-order valence-corrected chi connectivity index (χ1v) is 15.4. The second-order valence-electron chi connectivity index (χ2n) is 13.7. The largest absolute Gasteiger partial charge is 0.393 e. The smallest absolute Gasteiger partial charge is 0.0729 e. The molecule has 0 aromatic rings. The van der Waals surface area contributed by atoms with Gasteiger partial charge >= 0.3 is 0 Å². The molecule has 0 fully saturated rings. The summed E-state index contributed by atoms with van der Waals surface area (Å²) in [5.74, 6) is 0.348. The molecule has 0 amide bonds. The van der Waals surface area contributed by atoms with Gasteiger partial charge in [0.25, 0.3) is 0 Å². The molecule has 2 rings (SSSR count). The van der Waals surface area contributed by atoms with Crippen LogP contribution in [0.2, 0.25) is 0 Å². The molecule has 1 unspecified atom stereocenters. The van der Waals surface area contributed by atoms with Crippen molar-refractivity contribution in [3.8, 4) is 0 Å². The monoisotopic (exact) mass is 568 g/mol. The summed E-state index contributed by atoms with van der Waals surface area (Å²) in [5, 5.41) is 20.2. The van der Waals surface area contributed by atoms with Crippen LogP contribution in [0.3, 0.4) is 0 Å². The van der Waals surface area contributed by atoms with E-state index in [9.17, 15) is 10.2 Å². The van der Waals surface area contributed by atoms with Gasteiger partial charge in [-0.1, -0.05) is 152 Å². The van der Waals surface area contributed by atoms with Gasteiger partial charge in [-0.15, -0.1) is 0 Å². The number of aliphatic hydroxyl groups is 2. The summed E-state index contributed by atoms with van der Waals surface area (Å²) in [4.78, 5) is 0. The van der Waals surface area contributed by atoms with Crippen LogP contribution in [0.5, 0.6) is 0 Å². The fourth-order valence-corrected chi connectivity index (χ4v) is 6.14. The predicted octanol–water partition coefficient (Wildman–Crippen LogP) is 10.4. The van der Waals surface area contributed by atoms with Crippen molar-refractivity contribution in [3.05, 3.63) is 130 Å². The maximum absolute atomic E-state index is 10.1. The van der Waals surface area contributed by atoms with Gasteiger partial charge in [-0.2, -0.15) is 0 Å². The third-order valence-electron chi connectivity index (χ3n) is 8.33. The van der Waals surface area contributed by atoms with Gasteiger partial charge in [0.15, 0.2) is 0 Å². The molecule has 0 aromatic heterocycles. The van der Waals surface area contributed by atoms with Crippen LogP contribution in [0, 0.1) is 16.7 Å². The third kappa shape index (κ3) is 11.7. The van der Waals surface area contributed by atoms with Gasteiger partial charge in [0.05, 0.1) is 12.2 Å². The average Bonchev–Trinajstić information content (AvgIpc) is 2.84. The quantitative estimate of drug-likeness (QED) is 0.203. The Morgan fingerprint density at radius 1 is 0.714 bits per heavy atom. The minimum Gasteiger partial charge on any atom is -0.393 e. The minimum absolute atomic E-state index is 0.00528. The molecule has 0 radical (unpaired) electrons. The molecule has 0 saturated carbocycles. The maximum atomic E-state index is 10.1. The zero-order valence-corrected chi connectivity index (χ0v) is 27.9. The van der Waals surface area contributed by atoms with Crippen LogP contribution >= 0.6 is 0 Å². The fourth-order valence-electron chi connectivity index (χ4n) is 6.14. The average molecular weight is 569 g/mol. The van der Waals surface area contributed by atoms with Crippen molar-refractivity contribution >= 4 is 0 Å². The summed E-state index contributed by atoms with van der Waals surface area (Å²) in [7, 11) is 0. The summed E-state index contributed by atoms with van der Waals surface area (Å²) >= 11 is 0. The van der Waals surface area contributed by atoms with Gasteiger partial charge in [0.2, 0.25) is 0 Å². The van der Waals surface area contributed by atoms with Crippen LogP contribution in [-0.4, -0.2) is 22.4 Å². The van der Waals surface area contributed by atoms with Crippen LogP contribution < -0.4 is 0 Å². The Balaban J connectivity index is 1.90. The molecule has 3 atom stereocenters. The highest BCUT2D eigenvalue weighted by atomic mass is 16.3. The highest BCUT2D eigenvalue weighted by Gasteiger charge is 2.34. The van der Waals surface area contributed by atoms with E-state index in [-0.39, 0.29) is 23.0 Å². The first-order valence-electron chi connectivity index (χ1n) is 15.4. The normalized spacial score (nSPS) is 26.6. The van der Waals surface area contributed by atoms with Gasteiger partial charge < -0.3 is 10.2 Å². The van der Waals surface area contributed by atoms with Crippen LogP contribution in [0.25, 0.3) is 0 Å². The van der Waals surface area contributed by atoms with E-state index in [1.54, 1.807) is 0 Å². The zero-order valence-electron chi connectivity index (χ0n) is 27.9. The Morgan fingerprint density at radius 2 is 1.21 bits per heavy atom. The topological polar surface area (TPSA) is 40.5 Å². The molecule has 0 heterocycles. The molecule has 2 aliphatic carbocycles. The fraction of sp³-hybridized carbons (Fsp3) is 0.450. The Morgan fingerprint density at radius 3 is 1.74 bits per heavy atom. The lowest BCUT2D eigenvalue weighted by Gasteiger charge is -2.38. The lowest BCUT2D eigenvalue weighted by Crippen LogP contribution is -2.32. The zero-order chi connectivity index (χ0) is 31.5. The number of aliphatic hydroxyl groups excluding tert-OH is 2. The van der Waals surface area contributed by atoms with Crippen LogP contribution in [0.1, 0.15) is 88.5 Å². The Labute approximate surface area is 257 Å². The summed E-state index contributed by atoms with van der Waals surface area (Å²) in [6.45, 7) is 21.6. The van der Waals surface area contributed by atoms with E-state index in [1.165, 1.54) is 39.0 Å². The number of allylic oxidation sites excluding steroid dienone is 20. The lowest BCUT2D eigenvalue weighted by molar-refractivity contribution is 0.116. The third-order valence-corrected chi connectivity index (χ3v) is 8.33. The first-order chi connectivity index (χ1) is 19.6. The molecule has 2 nitrogen and oxygen atoms in total. The number of hydrogen-bond acceptors (Lipinski definition) is 2. The van der Waals surface area contributed by atoms with Gasteiger partial charge in [-0.05, 0) is 77.2 Å². The summed E-state index contributed by atoms with van der Waals surface area (Å²) < 4.78 is 0. The summed E-state index contributed by atoms with van der Waals surface area (Å²) in [5.41, 5.74) is 8.73. The number of hydrogen-bond donors (Lipinski definition) is 2. The van der Waals surface area contributed by atoms with Gasteiger partial charge in [-0.25, -0.2) is 0 Å². The summed E-state index contributed by atoms with van der Waals surface area (Å²) in [6, 6.07) is 0. The van der Waals surface area contributed by atoms with E-state index in [4.69, 9.17) is 0 Å². The SMILES string of the molecule is CC1=C[C@H](O)CC(C)(C)C1/C=C/C(C)=C/C=C/C(C)=C/C=C/C=C(C)/C=C/C=C(C)/C=C/C1=C(C)C[C@H](O)CC1(C)C. The Hall–Kier alpha value is -2.94. The van der Waals surface area contributed by atoms with E-state index in [0.717, 1.165) is 19.3 Å². The van der Waals surface area contributed by atoms with Crippen molar-refractivity contribution < 1.29 is 10.2 Å². The molecule has 2 heteroatoms. The van der Waals surface area contributed by atoms with Gasteiger partial charge in [0.1, 0.15) is 0 Å². The maximum Gasteiger partial charge on any atom is 0.0729 e. The lowest BCUT2D eigenvalue weighted by atomic mass is 9.67.